The maximum Gasteiger partial charge on any atom is 0.510 e. The third kappa shape index (κ3) is 7.32. The molecule has 1 amide bonds. The average molecular weight is 627 g/mol. The van der Waals surface area contributed by atoms with E-state index in [1.807, 2.05) is 11.6 Å². The number of rotatable bonds is 9. The fraction of sp³-hybridized carbons (Fsp3) is 0.320. The van der Waals surface area contributed by atoms with Crippen molar-refractivity contribution in [2.45, 2.75) is 36.9 Å². The lowest BCUT2D eigenvalue weighted by Crippen LogP contribution is -2.47. The van der Waals surface area contributed by atoms with Crippen molar-refractivity contribution in [2.75, 3.05) is 20.4 Å². The summed E-state index contributed by atoms with van der Waals surface area (Å²) >= 11 is 0. The molecule has 0 saturated carbocycles. The lowest BCUT2D eigenvalue weighted by molar-refractivity contribution is -0.712. The van der Waals surface area contributed by atoms with E-state index in [4.69, 9.17) is 0 Å². The predicted molar refractivity (Wildman–Crippen MR) is 139 cm³/mol. The van der Waals surface area contributed by atoms with E-state index in [2.05, 4.69) is 24.7 Å². The fourth-order valence-corrected chi connectivity index (χ4v) is 5.16. The zero-order valence-corrected chi connectivity index (χ0v) is 23.5. The Morgan fingerprint density at radius 1 is 1.16 bits per heavy atom. The highest BCUT2D eigenvalue weighted by molar-refractivity contribution is 7.90. The fourth-order valence-electron chi connectivity index (χ4n) is 4.15. The standard InChI is InChI=1S/C25H25F3N6O8S/c1-16-5-7-17(8-6-16)21-14-22(25(26,27)28)29-33(21)18-9-11-19(12-10-18)43(38,39)30-23(35)20-4-3-13-32(20)34(37)31-42-15-41-24(36)40-2/h5-12,14,20H,3-4,13,15H2,1-2H3,(H,30,35)/t20-/m0/s1. The maximum atomic E-state index is 13.5. The second kappa shape index (κ2) is 12.6. The van der Waals surface area contributed by atoms with Gasteiger partial charge in [0.2, 0.25) is 5.28 Å². The van der Waals surface area contributed by atoms with Crippen molar-refractivity contribution >= 4 is 22.1 Å². The van der Waals surface area contributed by atoms with Crippen LogP contribution in [0.15, 0.2) is 64.8 Å². The van der Waals surface area contributed by atoms with Crippen LogP contribution in [0.4, 0.5) is 18.0 Å². The van der Waals surface area contributed by atoms with Crippen LogP contribution in [0, 0.1) is 12.1 Å². The molecule has 0 radical (unpaired) electrons. The minimum atomic E-state index is -4.72. The number of carbonyl (C=O) groups excluding carboxylic acids is 2. The Kier molecular flexibility index (Phi) is 9.07. The first kappa shape index (κ1) is 31.1. The van der Waals surface area contributed by atoms with Gasteiger partial charge in [-0.15, -0.1) is 5.01 Å². The van der Waals surface area contributed by atoms with Crippen molar-refractivity contribution in [3.63, 3.8) is 0 Å². The zero-order valence-electron chi connectivity index (χ0n) is 22.6. The van der Waals surface area contributed by atoms with E-state index in [0.29, 0.717) is 12.0 Å². The van der Waals surface area contributed by atoms with Crippen molar-refractivity contribution in [3.8, 4) is 16.9 Å². The van der Waals surface area contributed by atoms with Gasteiger partial charge in [0.25, 0.3) is 22.7 Å². The van der Waals surface area contributed by atoms with Gasteiger partial charge in [-0.3, -0.25) is 4.79 Å². The van der Waals surface area contributed by atoms with Crippen molar-refractivity contribution in [1.82, 2.24) is 19.5 Å². The second-order valence-corrected chi connectivity index (χ2v) is 10.8. The van der Waals surface area contributed by atoms with E-state index >= 15 is 0 Å². The minimum absolute atomic E-state index is 0.0498. The molecule has 1 saturated heterocycles. The smallest absolute Gasteiger partial charge is 0.510 e. The first-order valence-electron chi connectivity index (χ1n) is 12.5. The Balaban J connectivity index is 1.50. The quantitative estimate of drug-likeness (QED) is 0.0924. The Bertz CT molecular complexity index is 1610. The minimum Gasteiger partial charge on any atom is -0.569 e. The summed E-state index contributed by atoms with van der Waals surface area (Å²) in [4.78, 5) is 27.8. The molecular formula is C25H25F3N6O8S. The molecule has 1 aliphatic heterocycles. The van der Waals surface area contributed by atoms with Gasteiger partial charge in [-0.05, 0) is 50.1 Å². The normalized spacial score (nSPS) is 15.7. The van der Waals surface area contributed by atoms with Crippen LogP contribution in [0.25, 0.3) is 16.9 Å². The highest BCUT2D eigenvalue weighted by Crippen LogP contribution is 2.33. The lowest BCUT2D eigenvalue weighted by Gasteiger charge is -2.19. The number of hydrazine groups is 1. The Labute approximate surface area is 242 Å². The molecule has 1 N–H and O–H groups in total. The number of methoxy groups -OCH3 is 1. The van der Waals surface area contributed by atoms with Crippen molar-refractivity contribution in [1.29, 1.82) is 0 Å². The number of ether oxygens (including phenoxy) is 2. The Hall–Kier alpha value is -4.87. The van der Waals surface area contributed by atoms with Gasteiger partial charge in [0.15, 0.2) is 11.7 Å². The van der Waals surface area contributed by atoms with Crippen LogP contribution in [-0.4, -0.2) is 66.7 Å². The van der Waals surface area contributed by atoms with Crippen LogP contribution in [0.1, 0.15) is 24.1 Å². The molecule has 1 fully saturated rings. The van der Waals surface area contributed by atoms with Crippen molar-refractivity contribution in [3.05, 3.63) is 71.1 Å². The number of alkyl halides is 3. The first-order chi connectivity index (χ1) is 20.3. The lowest BCUT2D eigenvalue weighted by atomic mass is 10.1. The number of hydrogen-bond acceptors (Lipinski definition) is 10. The third-order valence-corrected chi connectivity index (χ3v) is 7.61. The SMILES string of the molecule is COC(=O)OCON=[N+]([O-])N1CCC[C@H]1C(=O)NS(=O)(=O)c1ccc(-n2nc(C(F)(F)F)cc2-c2ccc(C)cc2)cc1. The van der Waals surface area contributed by atoms with Gasteiger partial charge >= 0.3 is 12.3 Å². The van der Waals surface area contributed by atoms with E-state index < -0.39 is 46.8 Å². The molecule has 4 rings (SSSR count). The van der Waals surface area contributed by atoms with E-state index in [-0.39, 0.29) is 34.2 Å². The molecule has 1 aromatic heterocycles. The topological polar surface area (TPSA) is 167 Å². The third-order valence-electron chi connectivity index (χ3n) is 6.24. The molecule has 230 valence electrons. The van der Waals surface area contributed by atoms with Crippen LogP contribution >= 0.6 is 0 Å². The number of aromatic nitrogens is 2. The molecule has 2 aromatic carbocycles. The van der Waals surface area contributed by atoms with Crippen molar-refractivity contribution in [2.24, 2.45) is 5.28 Å². The zero-order chi connectivity index (χ0) is 31.4. The highest BCUT2D eigenvalue weighted by atomic mass is 32.2. The van der Waals surface area contributed by atoms with Crippen LogP contribution in [0.2, 0.25) is 0 Å². The largest absolute Gasteiger partial charge is 0.569 e. The second-order valence-electron chi connectivity index (χ2n) is 9.15. The average Bonchev–Trinajstić information content (AvgIpc) is 3.64. The molecule has 43 heavy (non-hydrogen) atoms. The Morgan fingerprint density at radius 3 is 2.47 bits per heavy atom. The number of halogens is 3. The molecule has 0 spiro atoms. The van der Waals surface area contributed by atoms with Gasteiger partial charge in [0.1, 0.15) is 0 Å². The Morgan fingerprint density at radius 2 is 1.84 bits per heavy atom. The summed E-state index contributed by atoms with van der Waals surface area (Å²) in [5.74, 6) is -1.02. The van der Waals surface area contributed by atoms with E-state index in [0.717, 1.165) is 40.6 Å². The van der Waals surface area contributed by atoms with E-state index in [9.17, 15) is 36.4 Å². The van der Waals surface area contributed by atoms with Crippen LogP contribution in [0.3, 0.4) is 0 Å². The van der Waals surface area contributed by atoms with Crippen LogP contribution in [-0.2, 0) is 35.3 Å². The van der Waals surface area contributed by atoms with E-state index in [1.165, 1.54) is 12.1 Å². The molecule has 18 heteroatoms. The maximum absolute atomic E-state index is 13.5. The van der Waals surface area contributed by atoms with Gasteiger partial charge < -0.3 is 19.5 Å². The van der Waals surface area contributed by atoms with Gasteiger partial charge in [0, 0.05) is 5.56 Å². The summed E-state index contributed by atoms with van der Waals surface area (Å²) in [6.07, 6.45) is -5.32. The summed E-state index contributed by atoms with van der Waals surface area (Å²) in [5, 5.41) is 20.0. The van der Waals surface area contributed by atoms with Gasteiger partial charge in [-0.2, -0.15) is 18.3 Å². The number of amides is 1. The molecule has 14 nitrogen and oxygen atoms in total. The number of nitrogens with one attached hydrogen (secondary N) is 1. The molecular weight excluding hydrogens is 601 g/mol. The summed E-state index contributed by atoms with van der Waals surface area (Å²) in [5.41, 5.74) is 0.496. The molecule has 3 aromatic rings. The van der Waals surface area contributed by atoms with Crippen LogP contribution in [0.5, 0.6) is 0 Å². The number of nitrogens with zero attached hydrogens (tertiary/aromatic N) is 5. The number of carbonyl (C=O) groups is 2. The molecule has 1 aliphatic rings. The summed E-state index contributed by atoms with van der Waals surface area (Å²) < 4.78 is 78.0. The molecule has 0 unspecified atom stereocenters. The molecule has 0 aliphatic carbocycles. The molecule has 1 atom stereocenters. The highest BCUT2D eigenvalue weighted by Gasteiger charge is 2.39. The van der Waals surface area contributed by atoms with Gasteiger partial charge in [-0.25, -0.2) is 22.6 Å². The van der Waals surface area contributed by atoms with Gasteiger partial charge in [0.05, 0.1) is 34.9 Å². The number of sulfonamides is 1. The molecule has 2 heterocycles. The monoisotopic (exact) mass is 626 g/mol. The number of hydrogen-bond donors (Lipinski definition) is 1. The number of benzene rings is 2. The summed E-state index contributed by atoms with van der Waals surface area (Å²) in [7, 11) is -3.39. The van der Waals surface area contributed by atoms with Crippen molar-refractivity contribution < 1.29 is 50.5 Å². The van der Waals surface area contributed by atoms with Gasteiger partial charge in [-0.1, -0.05) is 29.8 Å². The van der Waals surface area contributed by atoms with Crippen LogP contribution < -0.4 is 4.72 Å². The number of aryl methyl sites for hydroxylation is 1. The summed E-state index contributed by atoms with van der Waals surface area (Å²) in [6, 6.07) is 11.1. The first-order valence-corrected chi connectivity index (χ1v) is 14.0. The molecule has 0 bridgehead atoms. The summed E-state index contributed by atoms with van der Waals surface area (Å²) in [6.45, 7) is 1.13. The predicted octanol–water partition coefficient (Wildman–Crippen LogP) is 3.69. The van der Waals surface area contributed by atoms with E-state index in [1.54, 1.807) is 24.3 Å².